The standard InChI is InChI=1S/C13H16N4O/c1-9-12(10-3-2-4-14-7-10)17-13(16-9)11-8-15-5-6-18-11/h2-4,7,11,15H,5-6,8H2,1H3,(H,16,17). The molecule has 2 aromatic heterocycles. The second kappa shape index (κ2) is 4.88. The Balaban J connectivity index is 1.91. The van der Waals surface area contributed by atoms with Crippen LogP contribution in [0.1, 0.15) is 17.6 Å². The second-order valence-electron chi connectivity index (χ2n) is 4.40. The molecule has 3 heterocycles. The Morgan fingerprint density at radius 1 is 1.44 bits per heavy atom. The van der Waals surface area contributed by atoms with Crippen molar-refractivity contribution in [1.82, 2.24) is 20.3 Å². The first-order valence-corrected chi connectivity index (χ1v) is 6.14. The summed E-state index contributed by atoms with van der Waals surface area (Å²) in [6.45, 7) is 4.47. The molecule has 0 bridgehead atoms. The lowest BCUT2D eigenvalue weighted by Crippen LogP contribution is -2.33. The van der Waals surface area contributed by atoms with Crippen LogP contribution in [0.4, 0.5) is 0 Å². The van der Waals surface area contributed by atoms with Crippen LogP contribution in [0.15, 0.2) is 24.5 Å². The molecule has 18 heavy (non-hydrogen) atoms. The largest absolute Gasteiger partial charge is 0.368 e. The third-order valence-corrected chi connectivity index (χ3v) is 3.07. The van der Waals surface area contributed by atoms with E-state index in [1.165, 1.54) is 0 Å². The summed E-state index contributed by atoms with van der Waals surface area (Å²) >= 11 is 0. The minimum atomic E-state index is 0.0165. The summed E-state index contributed by atoms with van der Waals surface area (Å²) in [6, 6.07) is 3.93. The predicted octanol–water partition coefficient (Wildman–Crippen LogP) is 1.44. The predicted molar refractivity (Wildman–Crippen MR) is 68.1 cm³/mol. The average molecular weight is 244 g/mol. The van der Waals surface area contributed by atoms with Crippen molar-refractivity contribution in [3.8, 4) is 11.3 Å². The molecular formula is C13H16N4O. The smallest absolute Gasteiger partial charge is 0.137 e. The molecule has 1 saturated heterocycles. The Bertz CT molecular complexity index is 517. The van der Waals surface area contributed by atoms with Crippen molar-refractivity contribution >= 4 is 0 Å². The Morgan fingerprint density at radius 3 is 3.11 bits per heavy atom. The van der Waals surface area contributed by atoms with E-state index in [1.807, 2.05) is 25.3 Å². The van der Waals surface area contributed by atoms with Gasteiger partial charge < -0.3 is 15.0 Å². The Morgan fingerprint density at radius 2 is 2.39 bits per heavy atom. The van der Waals surface area contributed by atoms with Crippen molar-refractivity contribution < 1.29 is 4.74 Å². The topological polar surface area (TPSA) is 62.8 Å². The molecule has 1 unspecified atom stereocenters. The van der Waals surface area contributed by atoms with Crippen molar-refractivity contribution in [3.63, 3.8) is 0 Å². The highest BCUT2D eigenvalue weighted by atomic mass is 16.5. The van der Waals surface area contributed by atoms with Crippen LogP contribution in [0.3, 0.4) is 0 Å². The minimum absolute atomic E-state index is 0.0165. The molecule has 0 aliphatic carbocycles. The highest BCUT2D eigenvalue weighted by Crippen LogP contribution is 2.24. The molecule has 1 aliphatic rings. The number of pyridine rings is 1. The van der Waals surface area contributed by atoms with Crippen molar-refractivity contribution in [2.24, 2.45) is 0 Å². The van der Waals surface area contributed by atoms with Crippen molar-refractivity contribution in [2.75, 3.05) is 19.7 Å². The molecule has 0 aromatic carbocycles. The molecule has 0 radical (unpaired) electrons. The highest BCUT2D eigenvalue weighted by Gasteiger charge is 2.20. The average Bonchev–Trinajstić information content (AvgIpc) is 2.83. The molecular weight excluding hydrogens is 228 g/mol. The van der Waals surface area contributed by atoms with Gasteiger partial charge >= 0.3 is 0 Å². The summed E-state index contributed by atoms with van der Waals surface area (Å²) in [5.74, 6) is 0.888. The molecule has 0 spiro atoms. The molecule has 94 valence electrons. The maximum Gasteiger partial charge on any atom is 0.137 e. The van der Waals surface area contributed by atoms with Crippen LogP contribution in [0.2, 0.25) is 0 Å². The first-order valence-electron chi connectivity index (χ1n) is 6.14. The third kappa shape index (κ3) is 2.14. The monoisotopic (exact) mass is 244 g/mol. The fourth-order valence-corrected chi connectivity index (χ4v) is 2.16. The third-order valence-electron chi connectivity index (χ3n) is 3.07. The van der Waals surface area contributed by atoms with Crippen molar-refractivity contribution in [2.45, 2.75) is 13.0 Å². The molecule has 1 aliphatic heterocycles. The second-order valence-corrected chi connectivity index (χ2v) is 4.40. The van der Waals surface area contributed by atoms with E-state index in [9.17, 15) is 0 Å². The number of aryl methyl sites for hydroxylation is 1. The number of imidazole rings is 1. The molecule has 1 atom stereocenters. The van der Waals surface area contributed by atoms with Crippen LogP contribution in [0.5, 0.6) is 0 Å². The van der Waals surface area contributed by atoms with E-state index in [4.69, 9.17) is 4.74 Å². The van der Waals surface area contributed by atoms with E-state index in [2.05, 4.69) is 20.3 Å². The van der Waals surface area contributed by atoms with Gasteiger partial charge in [-0.05, 0) is 19.1 Å². The van der Waals surface area contributed by atoms with Gasteiger partial charge in [0.2, 0.25) is 0 Å². The molecule has 1 fully saturated rings. The number of rotatable bonds is 2. The number of H-pyrrole nitrogens is 1. The molecule has 5 nitrogen and oxygen atoms in total. The van der Waals surface area contributed by atoms with Crippen LogP contribution >= 0.6 is 0 Å². The number of aromatic nitrogens is 3. The van der Waals surface area contributed by atoms with Gasteiger partial charge in [-0.3, -0.25) is 4.98 Å². The number of morpholine rings is 1. The molecule has 0 amide bonds. The summed E-state index contributed by atoms with van der Waals surface area (Å²) in [5, 5.41) is 3.30. The quantitative estimate of drug-likeness (QED) is 0.839. The van der Waals surface area contributed by atoms with Crippen LogP contribution in [-0.2, 0) is 4.74 Å². The zero-order valence-corrected chi connectivity index (χ0v) is 10.3. The lowest BCUT2D eigenvalue weighted by molar-refractivity contribution is 0.0226. The molecule has 3 rings (SSSR count). The normalized spacial score (nSPS) is 19.9. The van der Waals surface area contributed by atoms with Crippen LogP contribution in [0.25, 0.3) is 11.3 Å². The van der Waals surface area contributed by atoms with Crippen LogP contribution < -0.4 is 5.32 Å². The van der Waals surface area contributed by atoms with Gasteiger partial charge in [-0.15, -0.1) is 0 Å². The number of hydrogen-bond acceptors (Lipinski definition) is 4. The number of hydrogen-bond donors (Lipinski definition) is 2. The van der Waals surface area contributed by atoms with Gasteiger partial charge in [-0.1, -0.05) is 0 Å². The van der Waals surface area contributed by atoms with Gasteiger partial charge in [0, 0.05) is 36.7 Å². The molecule has 0 saturated carbocycles. The van der Waals surface area contributed by atoms with Gasteiger partial charge in [0.25, 0.3) is 0 Å². The van der Waals surface area contributed by atoms with E-state index >= 15 is 0 Å². The summed E-state index contributed by atoms with van der Waals surface area (Å²) in [6.07, 6.45) is 3.61. The maximum absolute atomic E-state index is 5.70. The number of nitrogens with zero attached hydrogens (tertiary/aromatic N) is 2. The Labute approximate surface area is 106 Å². The molecule has 2 N–H and O–H groups in total. The van der Waals surface area contributed by atoms with Gasteiger partial charge in [-0.25, -0.2) is 4.98 Å². The summed E-state index contributed by atoms with van der Waals surface area (Å²) in [5.41, 5.74) is 3.03. The Hall–Kier alpha value is -1.72. The highest BCUT2D eigenvalue weighted by molar-refractivity contribution is 5.60. The summed E-state index contributed by atoms with van der Waals surface area (Å²) in [4.78, 5) is 12.1. The van der Waals surface area contributed by atoms with E-state index < -0.39 is 0 Å². The zero-order valence-electron chi connectivity index (χ0n) is 10.3. The first kappa shape index (κ1) is 11.4. The van der Waals surface area contributed by atoms with Gasteiger partial charge in [0.1, 0.15) is 11.9 Å². The van der Waals surface area contributed by atoms with E-state index in [0.29, 0.717) is 0 Å². The minimum Gasteiger partial charge on any atom is -0.368 e. The number of ether oxygens (including phenoxy) is 1. The molecule has 2 aromatic rings. The van der Waals surface area contributed by atoms with Crippen LogP contribution in [-0.4, -0.2) is 34.6 Å². The van der Waals surface area contributed by atoms with Gasteiger partial charge in [0.15, 0.2) is 0 Å². The number of aromatic amines is 1. The zero-order chi connectivity index (χ0) is 12.4. The first-order chi connectivity index (χ1) is 8.84. The summed E-state index contributed by atoms with van der Waals surface area (Å²) < 4.78 is 5.70. The lowest BCUT2D eigenvalue weighted by Gasteiger charge is -2.21. The summed E-state index contributed by atoms with van der Waals surface area (Å²) in [7, 11) is 0. The van der Waals surface area contributed by atoms with E-state index in [0.717, 1.165) is 42.5 Å². The number of nitrogens with one attached hydrogen (secondary N) is 2. The fraction of sp³-hybridized carbons (Fsp3) is 0.385. The maximum atomic E-state index is 5.70. The Kier molecular flexibility index (Phi) is 3.08. The van der Waals surface area contributed by atoms with Gasteiger partial charge in [-0.2, -0.15) is 0 Å². The van der Waals surface area contributed by atoms with E-state index in [1.54, 1.807) is 6.20 Å². The van der Waals surface area contributed by atoms with E-state index in [-0.39, 0.29) is 6.10 Å². The van der Waals surface area contributed by atoms with Crippen molar-refractivity contribution in [3.05, 3.63) is 36.0 Å². The van der Waals surface area contributed by atoms with Crippen molar-refractivity contribution in [1.29, 1.82) is 0 Å². The van der Waals surface area contributed by atoms with Crippen LogP contribution in [0, 0.1) is 6.92 Å². The molecule has 5 heteroatoms. The lowest BCUT2D eigenvalue weighted by atomic mass is 10.2. The van der Waals surface area contributed by atoms with Gasteiger partial charge in [0.05, 0.1) is 12.3 Å². The SMILES string of the molecule is Cc1[nH]c(C2CNCCO2)nc1-c1cccnc1. The fourth-order valence-electron chi connectivity index (χ4n) is 2.16.